The maximum Gasteiger partial charge on any atom is 0.121 e. The van der Waals surface area contributed by atoms with Crippen LogP contribution in [-0.4, -0.2) is 31.4 Å². The maximum atomic E-state index is 4.86. The number of fused-ring (bicyclic) bond motifs is 1. The number of hydrogen-bond donors (Lipinski definition) is 2. The van der Waals surface area contributed by atoms with Gasteiger partial charge in [0.05, 0.1) is 29.8 Å². The zero-order valence-corrected chi connectivity index (χ0v) is 17.3. The molecular weight excluding hydrogens is 358 g/mol. The number of H-pyrrole nitrogens is 2. The summed E-state index contributed by atoms with van der Waals surface area (Å²) in [6.45, 7) is 6.72. The van der Waals surface area contributed by atoms with Crippen molar-refractivity contribution in [1.29, 1.82) is 0 Å². The first kappa shape index (κ1) is 19.4. The van der Waals surface area contributed by atoms with E-state index in [2.05, 4.69) is 71.2 Å². The average Bonchev–Trinajstić information content (AvgIpc) is 3.15. The Bertz CT molecular complexity index is 1020. The second-order valence-corrected chi connectivity index (χ2v) is 7.69. The fourth-order valence-electron chi connectivity index (χ4n) is 3.82. The monoisotopic (exact) mass is 387 g/mol. The van der Waals surface area contributed by atoms with E-state index in [0.717, 1.165) is 61.6 Å². The van der Waals surface area contributed by atoms with Gasteiger partial charge in [-0.25, -0.2) is 9.97 Å². The second-order valence-electron chi connectivity index (χ2n) is 7.69. The first-order valence-electron chi connectivity index (χ1n) is 10.4. The number of nitrogens with one attached hydrogen (secondary N) is 2. The lowest BCUT2D eigenvalue weighted by Gasteiger charge is -2.21. The average molecular weight is 388 g/mol. The van der Waals surface area contributed by atoms with Crippen molar-refractivity contribution in [2.75, 3.05) is 6.54 Å². The molecular formula is C24H29N5. The van der Waals surface area contributed by atoms with E-state index in [9.17, 15) is 0 Å². The van der Waals surface area contributed by atoms with Crippen LogP contribution in [0.2, 0.25) is 0 Å². The Morgan fingerprint density at radius 2 is 1.79 bits per heavy atom. The number of benzene rings is 1. The van der Waals surface area contributed by atoms with Crippen molar-refractivity contribution >= 4 is 11.0 Å². The molecule has 29 heavy (non-hydrogen) atoms. The van der Waals surface area contributed by atoms with E-state index in [4.69, 9.17) is 9.97 Å². The molecule has 0 saturated carbocycles. The zero-order chi connectivity index (χ0) is 20.1. The first-order valence-corrected chi connectivity index (χ1v) is 10.4. The number of para-hydroxylation sites is 2. The molecule has 2 aromatic heterocycles. The molecule has 0 saturated heterocycles. The van der Waals surface area contributed by atoms with Crippen molar-refractivity contribution < 1.29 is 0 Å². The molecule has 2 heterocycles. The number of allylic oxidation sites excluding steroid dienone is 5. The summed E-state index contributed by atoms with van der Waals surface area (Å²) in [4.78, 5) is 19.0. The Kier molecular flexibility index (Phi) is 6.06. The number of aryl methyl sites for hydroxylation is 2. The molecule has 1 aliphatic rings. The van der Waals surface area contributed by atoms with Gasteiger partial charge in [0.1, 0.15) is 11.6 Å². The number of nitrogens with zero attached hydrogens (tertiary/aromatic N) is 3. The highest BCUT2D eigenvalue weighted by Gasteiger charge is 2.15. The van der Waals surface area contributed by atoms with Gasteiger partial charge in [-0.15, -0.1) is 0 Å². The summed E-state index contributed by atoms with van der Waals surface area (Å²) in [5, 5.41) is 0. The number of hydrogen-bond acceptors (Lipinski definition) is 3. The lowest BCUT2D eigenvalue weighted by atomic mass is 10.1. The van der Waals surface area contributed by atoms with Gasteiger partial charge in [0.15, 0.2) is 0 Å². The minimum atomic E-state index is 0.752. The highest BCUT2D eigenvalue weighted by Crippen LogP contribution is 2.17. The van der Waals surface area contributed by atoms with Gasteiger partial charge in [0.2, 0.25) is 0 Å². The van der Waals surface area contributed by atoms with Gasteiger partial charge < -0.3 is 9.97 Å². The Balaban J connectivity index is 1.55. The van der Waals surface area contributed by atoms with Crippen molar-refractivity contribution in [3.05, 3.63) is 83.3 Å². The highest BCUT2D eigenvalue weighted by molar-refractivity contribution is 5.74. The summed E-state index contributed by atoms with van der Waals surface area (Å²) in [6, 6.07) is 8.20. The van der Waals surface area contributed by atoms with Crippen LogP contribution in [0.5, 0.6) is 0 Å². The Morgan fingerprint density at radius 3 is 2.62 bits per heavy atom. The summed E-state index contributed by atoms with van der Waals surface area (Å²) >= 11 is 0. The second kappa shape index (κ2) is 9.05. The molecule has 0 fully saturated rings. The third-order valence-electron chi connectivity index (χ3n) is 5.20. The van der Waals surface area contributed by atoms with Crippen LogP contribution in [0.25, 0.3) is 11.0 Å². The Labute approximate surface area is 172 Å². The Morgan fingerprint density at radius 1 is 0.966 bits per heavy atom. The van der Waals surface area contributed by atoms with E-state index in [1.165, 1.54) is 17.0 Å². The summed E-state index contributed by atoms with van der Waals surface area (Å²) < 4.78 is 0. The van der Waals surface area contributed by atoms with Crippen LogP contribution in [0.4, 0.5) is 0 Å². The summed E-state index contributed by atoms with van der Waals surface area (Å²) in [5.41, 5.74) is 5.86. The molecule has 0 unspecified atom stereocenters. The molecule has 5 heteroatoms. The van der Waals surface area contributed by atoms with E-state index >= 15 is 0 Å². The molecule has 1 aromatic carbocycles. The van der Waals surface area contributed by atoms with Gasteiger partial charge in [-0.05, 0) is 31.9 Å². The van der Waals surface area contributed by atoms with Gasteiger partial charge in [-0.2, -0.15) is 0 Å². The van der Waals surface area contributed by atoms with Crippen molar-refractivity contribution in [2.45, 2.75) is 46.2 Å². The van der Waals surface area contributed by atoms with E-state index in [1.54, 1.807) is 0 Å². The van der Waals surface area contributed by atoms with Gasteiger partial charge in [0.25, 0.3) is 0 Å². The molecule has 3 aromatic rings. The van der Waals surface area contributed by atoms with E-state index in [0.29, 0.717) is 0 Å². The summed E-state index contributed by atoms with van der Waals surface area (Å²) in [5.74, 6) is 2.02. The lowest BCUT2D eigenvalue weighted by Crippen LogP contribution is -2.26. The topological polar surface area (TPSA) is 60.6 Å². The third-order valence-corrected chi connectivity index (χ3v) is 5.20. The highest BCUT2D eigenvalue weighted by atomic mass is 15.2. The molecule has 5 nitrogen and oxygen atoms in total. The predicted molar refractivity (Wildman–Crippen MR) is 119 cm³/mol. The molecule has 0 aliphatic heterocycles. The van der Waals surface area contributed by atoms with Crippen LogP contribution in [0.15, 0.2) is 60.2 Å². The zero-order valence-electron chi connectivity index (χ0n) is 17.3. The van der Waals surface area contributed by atoms with Gasteiger partial charge >= 0.3 is 0 Å². The number of rotatable bonds is 8. The van der Waals surface area contributed by atoms with E-state index in [-0.39, 0.29) is 0 Å². The lowest BCUT2D eigenvalue weighted by molar-refractivity contribution is 0.266. The van der Waals surface area contributed by atoms with Crippen LogP contribution in [0, 0.1) is 6.92 Å². The van der Waals surface area contributed by atoms with Crippen LogP contribution in [0.3, 0.4) is 0 Å². The van der Waals surface area contributed by atoms with Crippen molar-refractivity contribution in [2.24, 2.45) is 0 Å². The van der Waals surface area contributed by atoms with Crippen molar-refractivity contribution in [3.8, 4) is 0 Å². The summed E-state index contributed by atoms with van der Waals surface area (Å²) in [6.07, 6.45) is 13.9. The molecule has 1 aliphatic carbocycles. The fourth-order valence-corrected chi connectivity index (χ4v) is 3.82. The van der Waals surface area contributed by atoms with Crippen LogP contribution < -0.4 is 0 Å². The normalized spacial score (nSPS) is 14.0. The van der Waals surface area contributed by atoms with Crippen LogP contribution in [0.1, 0.15) is 42.8 Å². The number of imidazole rings is 2. The van der Waals surface area contributed by atoms with E-state index < -0.39 is 0 Å². The minimum absolute atomic E-state index is 0.752. The van der Waals surface area contributed by atoms with Gasteiger partial charge in [0, 0.05) is 12.2 Å². The molecule has 0 atom stereocenters. The standard InChI is InChI=1S/C24H29N5/c1-3-10-20-18(2)25-23(26-20)16-29(15-19-11-6-4-5-7-12-19)17-24-27-21-13-8-9-14-22(21)28-24/h4-9,11,13-14H,3,10,12,15-17H2,1-2H3,(H,25,26)(H,27,28). The molecule has 0 amide bonds. The number of aromatic nitrogens is 4. The van der Waals surface area contributed by atoms with Gasteiger partial charge in [-0.1, -0.05) is 61.4 Å². The van der Waals surface area contributed by atoms with Crippen LogP contribution >= 0.6 is 0 Å². The minimum Gasteiger partial charge on any atom is -0.345 e. The van der Waals surface area contributed by atoms with Crippen molar-refractivity contribution in [3.63, 3.8) is 0 Å². The largest absolute Gasteiger partial charge is 0.345 e. The molecule has 4 rings (SSSR count). The molecule has 0 bridgehead atoms. The quantitative estimate of drug-likeness (QED) is 0.572. The number of aromatic amines is 2. The fraction of sp³-hybridized carbons (Fsp3) is 0.333. The van der Waals surface area contributed by atoms with Gasteiger partial charge in [-0.3, -0.25) is 4.90 Å². The third kappa shape index (κ3) is 4.93. The molecule has 2 N–H and O–H groups in total. The molecule has 0 spiro atoms. The van der Waals surface area contributed by atoms with E-state index in [1.807, 2.05) is 12.1 Å². The first-order chi connectivity index (χ1) is 14.2. The molecule has 150 valence electrons. The van der Waals surface area contributed by atoms with Crippen LogP contribution in [-0.2, 0) is 19.5 Å². The smallest absolute Gasteiger partial charge is 0.121 e. The Hall–Kier alpha value is -2.92. The molecule has 0 radical (unpaired) electrons. The predicted octanol–water partition coefficient (Wildman–Crippen LogP) is 4.99. The maximum absolute atomic E-state index is 4.86. The SMILES string of the molecule is CCCc1nc(CN(CC2=CC=CC=CC2)Cc2nc3ccccc3[nH]2)[nH]c1C. The summed E-state index contributed by atoms with van der Waals surface area (Å²) in [7, 11) is 0. The van der Waals surface area contributed by atoms with Crippen molar-refractivity contribution in [1.82, 2.24) is 24.8 Å².